The molecule has 0 amide bonds. The molecule has 2 N–H and O–H groups in total. The van der Waals surface area contributed by atoms with Gasteiger partial charge in [0.1, 0.15) is 4.90 Å². The molecule has 1 aromatic heterocycles. The third kappa shape index (κ3) is 5.71. The maximum atomic E-state index is 11.9. The van der Waals surface area contributed by atoms with Crippen LogP contribution >= 0.6 is 0 Å². The van der Waals surface area contributed by atoms with Crippen molar-refractivity contribution in [3.63, 3.8) is 0 Å². The molecular weight excluding hydrogens is 264 g/mol. The molecule has 0 aliphatic carbocycles. The van der Waals surface area contributed by atoms with Crippen molar-refractivity contribution in [3.8, 4) is 0 Å². The van der Waals surface area contributed by atoms with Gasteiger partial charge in [-0.15, -0.1) is 0 Å². The molecule has 0 radical (unpaired) electrons. The molecule has 0 aliphatic rings. The van der Waals surface area contributed by atoms with Crippen LogP contribution in [-0.4, -0.2) is 37.8 Å². The Morgan fingerprint density at radius 3 is 2.68 bits per heavy atom. The maximum Gasteiger partial charge on any atom is 0.243 e. The lowest BCUT2D eigenvalue weighted by atomic mass is 10.3. The molecule has 7 heteroatoms. The summed E-state index contributed by atoms with van der Waals surface area (Å²) in [6.45, 7) is 7.03. The largest absolute Gasteiger partial charge is 0.315 e. The Hall–Kier alpha value is -0.920. The Labute approximate surface area is 115 Å². The van der Waals surface area contributed by atoms with Gasteiger partial charge in [0.05, 0.1) is 12.7 Å². The minimum Gasteiger partial charge on any atom is -0.315 e. The van der Waals surface area contributed by atoms with Crippen LogP contribution < -0.4 is 10.0 Å². The Morgan fingerprint density at radius 2 is 2.00 bits per heavy atom. The molecule has 0 spiro atoms. The first-order chi connectivity index (χ1) is 9.10. The SMILES string of the molecule is CCCCNS(=O)(=O)c1cnn(CCNCCC)c1. The second-order valence-corrected chi connectivity index (χ2v) is 6.21. The molecule has 19 heavy (non-hydrogen) atoms. The summed E-state index contributed by atoms with van der Waals surface area (Å²) in [6, 6.07) is 0. The van der Waals surface area contributed by atoms with Gasteiger partial charge < -0.3 is 5.32 Å². The predicted octanol–water partition coefficient (Wildman–Crippen LogP) is 0.961. The van der Waals surface area contributed by atoms with Gasteiger partial charge in [-0.1, -0.05) is 20.3 Å². The summed E-state index contributed by atoms with van der Waals surface area (Å²) in [5.74, 6) is 0. The number of hydrogen-bond donors (Lipinski definition) is 2. The molecule has 110 valence electrons. The highest BCUT2D eigenvalue weighted by atomic mass is 32.2. The van der Waals surface area contributed by atoms with Gasteiger partial charge in [-0.25, -0.2) is 13.1 Å². The van der Waals surface area contributed by atoms with Gasteiger partial charge >= 0.3 is 0 Å². The minimum atomic E-state index is -3.40. The number of unbranched alkanes of at least 4 members (excludes halogenated alkanes) is 1. The standard InChI is InChI=1S/C12H24N4O2S/c1-3-5-7-15-19(17,18)12-10-14-16(11-12)9-8-13-6-4-2/h10-11,13,15H,3-9H2,1-2H3. The van der Waals surface area contributed by atoms with Crippen molar-refractivity contribution < 1.29 is 8.42 Å². The number of rotatable bonds is 10. The molecule has 6 nitrogen and oxygen atoms in total. The van der Waals surface area contributed by atoms with Crippen LogP contribution in [0.2, 0.25) is 0 Å². The Bertz CT molecular complexity index is 456. The van der Waals surface area contributed by atoms with E-state index >= 15 is 0 Å². The monoisotopic (exact) mass is 288 g/mol. The zero-order valence-electron chi connectivity index (χ0n) is 11.7. The van der Waals surface area contributed by atoms with Crippen molar-refractivity contribution in [1.29, 1.82) is 0 Å². The van der Waals surface area contributed by atoms with Gasteiger partial charge in [-0.05, 0) is 19.4 Å². The van der Waals surface area contributed by atoms with Crippen LogP contribution in [0.3, 0.4) is 0 Å². The van der Waals surface area contributed by atoms with E-state index in [1.54, 1.807) is 10.9 Å². The maximum absolute atomic E-state index is 11.9. The van der Waals surface area contributed by atoms with Crippen LogP contribution in [0.5, 0.6) is 0 Å². The van der Waals surface area contributed by atoms with E-state index in [4.69, 9.17) is 0 Å². The van der Waals surface area contributed by atoms with Gasteiger partial charge in [0.25, 0.3) is 0 Å². The average molecular weight is 288 g/mol. The number of sulfonamides is 1. The van der Waals surface area contributed by atoms with Gasteiger partial charge in [-0.2, -0.15) is 5.10 Å². The lowest BCUT2D eigenvalue weighted by molar-refractivity contribution is 0.551. The fourth-order valence-electron chi connectivity index (χ4n) is 1.57. The smallest absolute Gasteiger partial charge is 0.243 e. The molecule has 0 aliphatic heterocycles. The molecule has 0 aromatic carbocycles. The lowest BCUT2D eigenvalue weighted by Gasteiger charge is -2.04. The van der Waals surface area contributed by atoms with Gasteiger partial charge in [0.15, 0.2) is 0 Å². The molecule has 0 atom stereocenters. The van der Waals surface area contributed by atoms with Gasteiger partial charge in [0, 0.05) is 19.3 Å². The molecule has 0 fully saturated rings. The molecule has 0 saturated carbocycles. The highest BCUT2D eigenvalue weighted by Crippen LogP contribution is 2.06. The molecule has 0 bridgehead atoms. The van der Waals surface area contributed by atoms with Crippen LogP contribution in [0.1, 0.15) is 33.1 Å². The van der Waals surface area contributed by atoms with E-state index < -0.39 is 10.0 Å². The van der Waals surface area contributed by atoms with E-state index in [9.17, 15) is 8.42 Å². The third-order valence-corrected chi connectivity index (χ3v) is 4.10. The van der Waals surface area contributed by atoms with E-state index in [1.807, 2.05) is 6.92 Å². The summed E-state index contributed by atoms with van der Waals surface area (Å²) in [5.41, 5.74) is 0. The predicted molar refractivity (Wildman–Crippen MR) is 75.5 cm³/mol. The van der Waals surface area contributed by atoms with Crippen molar-refractivity contribution in [3.05, 3.63) is 12.4 Å². The molecular formula is C12H24N4O2S. The van der Waals surface area contributed by atoms with Crippen LogP contribution in [0.25, 0.3) is 0 Å². The normalized spacial score (nSPS) is 11.9. The number of aromatic nitrogens is 2. The molecule has 1 heterocycles. The topological polar surface area (TPSA) is 76.0 Å². The molecule has 0 saturated heterocycles. The van der Waals surface area contributed by atoms with Gasteiger partial charge in [0.2, 0.25) is 10.0 Å². The summed E-state index contributed by atoms with van der Waals surface area (Å²) in [5, 5.41) is 7.31. The quantitative estimate of drug-likeness (QED) is 0.629. The van der Waals surface area contributed by atoms with E-state index in [0.717, 1.165) is 32.4 Å². The van der Waals surface area contributed by atoms with Crippen LogP contribution in [0, 0.1) is 0 Å². The van der Waals surface area contributed by atoms with E-state index in [-0.39, 0.29) is 4.90 Å². The van der Waals surface area contributed by atoms with E-state index in [0.29, 0.717) is 13.1 Å². The molecule has 1 rings (SSSR count). The van der Waals surface area contributed by atoms with Crippen molar-refractivity contribution in [2.75, 3.05) is 19.6 Å². The highest BCUT2D eigenvalue weighted by molar-refractivity contribution is 7.89. The zero-order chi connectivity index (χ0) is 14.1. The first-order valence-electron chi connectivity index (χ1n) is 6.83. The average Bonchev–Trinajstić information content (AvgIpc) is 2.84. The Balaban J connectivity index is 2.48. The van der Waals surface area contributed by atoms with Crippen molar-refractivity contribution >= 4 is 10.0 Å². The Morgan fingerprint density at radius 1 is 1.21 bits per heavy atom. The van der Waals surface area contributed by atoms with E-state index in [1.165, 1.54) is 6.20 Å². The van der Waals surface area contributed by atoms with Crippen molar-refractivity contribution in [2.24, 2.45) is 0 Å². The number of hydrogen-bond acceptors (Lipinski definition) is 4. The fraction of sp³-hybridized carbons (Fsp3) is 0.750. The van der Waals surface area contributed by atoms with Crippen LogP contribution in [0.4, 0.5) is 0 Å². The Kier molecular flexibility index (Phi) is 7.04. The molecule has 1 aromatic rings. The van der Waals surface area contributed by atoms with Crippen LogP contribution in [-0.2, 0) is 16.6 Å². The first-order valence-corrected chi connectivity index (χ1v) is 8.31. The summed E-state index contributed by atoms with van der Waals surface area (Å²) in [6.07, 6.45) is 5.86. The summed E-state index contributed by atoms with van der Waals surface area (Å²) in [4.78, 5) is 0.235. The van der Waals surface area contributed by atoms with Crippen LogP contribution in [0.15, 0.2) is 17.3 Å². The second-order valence-electron chi connectivity index (χ2n) is 4.44. The zero-order valence-corrected chi connectivity index (χ0v) is 12.5. The van der Waals surface area contributed by atoms with Crippen molar-refractivity contribution in [2.45, 2.75) is 44.6 Å². The van der Waals surface area contributed by atoms with Crippen molar-refractivity contribution in [1.82, 2.24) is 19.8 Å². The number of nitrogens with one attached hydrogen (secondary N) is 2. The minimum absolute atomic E-state index is 0.235. The summed E-state index contributed by atoms with van der Waals surface area (Å²) >= 11 is 0. The highest BCUT2D eigenvalue weighted by Gasteiger charge is 2.15. The lowest BCUT2D eigenvalue weighted by Crippen LogP contribution is -2.24. The van der Waals surface area contributed by atoms with E-state index in [2.05, 4.69) is 22.1 Å². The summed E-state index contributed by atoms with van der Waals surface area (Å²) in [7, 11) is -3.40. The van der Waals surface area contributed by atoms with Gasteiger partial charge in [-0.3, -0.25) is 4.68 Å². The second kappa shape index (κ2) is 8.29. The number of nitrogens with zero attached hydrogens (tertiary/aromatic N) is 2. The first kappa shape index (κ1) is 16.1. The fourth-order valence-corrected chi connectivity index (χ4v) is 2.59. The molecule has 0 unspecified atom stereocenters. The third-order valence-electron chi connectivity index (χ3n) is 2.69. The summed E-state index contributed by atoms with van der Waals surface area (Å²) < 4.78 is 28.1.